The standard InChI is InChI=1S/C20H27N3O3/c1-4-13(2)22-17-7-5-6-8-18(17)23(19(22)24)20(25)26-16-11-14-9-10-15(12-16)21(14)3/h5-8,13-16H,4,9-12H2,1-3H3. The Labute approximate surface area is 153 Å². The van der Waals surface area contributed by atoms with Crippen LogP contribution in [0.15, 0.2) is 29.1 Å². The fraction of sp³-hybridized carbons (Fsp3) is 0.600. The van der Waals surface area contributed by atoms with E-state index in [9.17, 15) is 9.59 Å². The second-order valence-electron chi connectivity index (χ2n) is 7.76. The number of aromatic nitrogens is 2. The minimum atomic E-state index is -0.540. The molecule has 0 aliphatic carbocycles. The van der Waals surface area contributed by atoms with Crippen LogP contribution in [0.5, 0.6) is 0 Å². The highest BCUT2D eigenvalue weighted by atomic mass is 16.6. The van der Waals surface area contributed by atoms with Crippen LogP contribution in [0.25, 0.3) is 11.0 Å². The maximum atomic E-state index is 13.0. The number of benzene rings is 1. The van der Waals surface area contributed by atoms with Crippen LogP contribution in [-0.2, 0) is 4.74 Å². The first-order chi connectivity index (χ1) is 12.5. The molecule has 1 aromatic carbocycles. The van der Waals surface area contributed by atoms with Crippen molar-refractivity contribution in [2.24, 2.45) is 0 Å². The summed E-state index contributed by atoms with van der Waals surface area (Å²) >= 11 is 0. The molecule has 2 aliphatic rings. The molecule has 2 saturated heterocycles. The molecule has 2 aliphatic heterocycles. The molecule has 6 heteroatoms. The topological polar surface area (TPSA) is 56.5 Å². The fourth-order valence-corrected chi connectivity index (χ4v) is 4.61. The van der Waals surface area contributed by atoms with Crippen LogP contribution in [0.1, 0.15) is 52.0 Å². The first kappa shape index (κ1) is 17.3. The first-order valence-electron chi connectivity index (χ1n) is 9.66. The van der Waals surface area contributed by atoms with Crippen molar-refractivity contribution in [2.75, 3.05) is 7.05 Å². The van der Waals surface area contributed by atoms with E-state index in [-0.39, 0.29) is 17.8 Å². The van der Waals surface area contributed by atoms with Crippen molar-refractivity contribution >= 4 is 17.1 Å². The van der Waals surface area contributed by atoms with Crippen LogP contribution in [0.4, 0.5) is 4.79 Å². The molecule has 0 radical (unpaired) electrons. The Hall–Kier alpha value is -2.08. The van der Waals surface area contributed by atoms with E-state index in [4.69, 9.17) is 4.74 Å². The maximum Gasteiger partial charge on any atom is 0.423 e. The molecular formula is C20H27N3O3. The summed E-state index contributed by atoms with van der Waals surface area (Å²) in [6.45, 7) is 4.04. The molecule has 3 heterocycles. The Kier molecular flexibility index (Phi) is 4.39. The SMILES string of the molecule is CCC(C)n1c(=O)n(C(=O)OC2CC3CCC(C2)N3C)c2ccccc21. The molecule has 3 atom stereocenters. The second-order valence-corrected chi connectivity index (χ2v) is 7.76. The van der Waals surface area contributed by atoms with E-state index < -0.39 is 6.09 Å². The van der Waals surface area contributed by atoms with Gasteiger partial charge < -0.3 is 9.64 Å². The fourth-order valence-electron chi connectivity index (χ4n) is 4.61. The smallest absolute Gasteiger partial charge is 0.423 e. The van der Waals surface area contributed by atoms with E-state index in [2.05, 4.69) is 11.9 Å². The van der Waals surface area contributed by atoms with E-state index in [0.717, 1.165) is 24.8 Å². The summed E-state index contributed by atoms with van der Waals surface area (Å²) < 4.78 is 8.72. The lowest BCUT2D eigenvalue weighted by Crippen LogP contribution is -2.44. The largest absolute Gasteiger partial charge is 0.445 e. The molecule has 0 saturated carbocycles. The van der Waals surface area contributed by atoms with Crippen LogP contribution < -0.4 is 5.69 Å². The third kappa shape index (κ3) is 2.67. The zero-order valence-corrected chi connectivity index (χ0v) is 15.7. The van der Waals surface area contributed by atoms with Gasteiger partial charge in [0.2, 0.25) is 0 Å². The molecule has 0 N–H and O–H groups in total. The van der Waals surface area contributed by atoms with Crippen LogP contribution in [0.3, 0.4) is 0 Å². The minimum Gasteiger partial charge on any atom is -0.445 e. The summed E-state index contributed by atoms with van der Waals surface area (Å²) in [5, 5.41) is 0. The van der Waals surface area contributed by atoms with Gasteiger partial charge in [0.25, 0.3) is 0 Å². The zero-order chi connectivity index (χ0) is 18.4. The molecule has 26 heavy (non-hydrogen) atoms. The number of carbonyl (C=O) groups is 1. The van der Waals surface area contributed by atoms with Crippen LogP contribution >= 0.6 is 0 Å². The number of piperidine rings is 1. The number of carbonyl (C=O) groups excluding carboxylic acids is 1. The minimum absolute atomic E-state index is 0.0284. The van der Waals surface area contributed by atoms with E-state index in [1.54, 1.807) is 4.57 Å². The number of hydrogen-bond donors (Lipinski definition) is 0. The maximum absolute atomic E-state index is 13.0. The van der Waals surface area contributed by atoms with Gasteiger partial charge in [-0.2, -0.15) is 4.57 Å². The molecule has 0 spiro atoms. The van der Waals surface area contributed by atoms with Crippen LogP contribution in [0, 0.1) is 0 Å². The van der Waals surface area contributed by atoms with E-state index in [1.165, 1.54) is 17.4 Å². The van der Waals surface area contributed by atoms with Gasteiger partial charge in [-0.15, -0.1) is 0 Å². The molecule has 4 rings (SSSR count). The molecule has 2 fully saturated rings. The van der Waals surface area contributed by atoms with E-state index in [1.807, 2.05) is 38.1 Å². The number of imidazole rings is 1. The summed E-state index contributed by atoms with van der Waals surface area (Å²) in [7, 11) is 2.16. The van der Waals surface area contributed by atoms with Crippen molar-refractivity contribution in [1.82, 2.24) is 14.0 Å². The number of fused-ring (bicyclic) bond motifs is 3. The molecule has 2 bridgehead atoms. The number of ether oxygens (including phenoxy) is 1. The Morgan fingerprint density at radius 1 is 1.19 bits per heavy atom. The lowest BCUT2D eigenvalue weighted by atomic mass is 10.0. The highest BCUT2D eigenvalue weighted by Gasteiger charge is 2.40. The number of para-hydroxylation sites is 2. The third-order valence-corrected chi connectivity index (χ3v) is 6.32. The van der Waals surface area contributed by atoms with Crippen molar-refractivity contribution in [2.45, 2.75) is 70.2 Å². The van der Waals surface area contributed by atoms with Crippen LogP contribution in [-0.4, -0.2) is 45.4 Å². The Balaban J connectivity index is 1.65. The van der Waals surface area contributed by atoms with Gasteiger partial charge >= 0.3 is 11.8 Å². The average Bonchev–Trinajstić information content (AvgIpc) is 3.01. The van der Waals surface area contributed by atoms with Crippen molar-refractivity contribution in [3.63, 3.8) is 0 Å². The van der Waals surface area contributed by atoms with Gasteiger partial charge in [0.15, 0.2) is 0 Å². The van der Waals surface area contributed by atoms with Crippen molar-refractivity contribution in [1.29, 1.82) is 0 Å². The van der Waals surface area contributed by atoms with Gasteiger partial charge in [0.1, 0.15) is 6.10 Å². The summed E-state index contributed by atoms with van der Waals surface area (Å²) in [6.07, 6.45) is 4.23. The summed E-state index contributed by atoms with van der Waals surface area (Å²) in [5.41, 5.74) is 1.10. The highest BCUT2D eigenvalue weighted by molar-refractivity contribution is 5.87. The Bertz CT molecular complexity index is 870. The van der Waals surface area contributed by atoms with Gasteiger partial charge in [-0.05, 0) is 45.4 Å². The molecule has 6 nitrogen and oxygen atoms in total. The molecule has 0 amide bonds. The molecule has 140 valence electrons. The average molecular weight is 357 g/mol. The van der Waals surface area contributed by atoms with Crippen LogP contribution in [0.2, 0.25) is 0 Å². The van der Waals surface area contributed by atoms with Crippen molar-refractivity contribution in [3.8, 4) is 0 Å². The predicted octanol–water partition coefficient (Wildman–Crippen LogP) is 3.38. The quantitative estimate of drug-likeness (QED) is 0.845. The molecular weight excluding hydrogens is 330 g/mol. The van der Waals surface area contributed by atoms with E-state index in [0.29, 0.717) is 17.6 Å². The van der Waals surface area contributed by atoms with Gasteiger partial charge in [0, 0.05) is 31.0 Å². The summed E-state index contributed by atoms with van der Waals surface area (Å²) in [5.74, 6) is 0. The Morgan fingerprint density at radius 3 is 2.42 bits per heavy atom. The summed E-state index contributed by atoms with van der Waals surface area (Å²) in [6, 6.07) is 8.46. The van der Waals surface area contributed by atoms with Crippen molar-refractivity contribution < 1.29 is 9.53 Å². The zero-order valence-electron chi connectivity index (χ0n) is 15.7. The molecule has 3 unspecified atom stereocenters. The molecule has 2 aromatic rings. The van der Waals surface area contributed by atoms with E-state index >= 15 is 0 Å². The monoisotopic (exact) mass is 357 g/mol. The third-order valence-electron chi connectivity index (χ3n) is 6.32. The second kappa shape index (κ2) is 6.58. The number of nitrogens with zero attached hydrogens (tertiary/aromatic N) is 3. The van der Waals surface area contributed by atoms with Gasteiger partial charge in [0.05, 0.1) is 11.0 Å². The number of hydrogen-bond acceptors (Lipinski definition) is 4. The number of rotatable bonds is 3. The summed E-state index contributed by atoms with van der Waals surface area (Å²) in [4.78, 5) is 28.3. The normalized spacial score (nSPS) is 27.0. The predicted molar refractivity (Wildman–Crippen MR) is 101 cm³/mol. The van der Waals surface area contributed by atoms with Crippen molar-refractivity contribution in [3.05, 3.63) is 34.7 Å². The van der Waals surface area contributed by atoms with Gasteiger partial charge in [-0.25, -0.2) is 9.59 Å². The highest BCUT2D eigenvalue weighted by Crippen LogP contribution is 2.35. The van der Waals surface area contributed by atoms with Gasteiger partial charge in [-0.3, -0.25) is 4.57 Å². The Morgan fingerprint density at radius 2 is 1.81 bits per heavy atom. The molecule has 1 aromatic heterocycles. The van der Waals surface area contributed by atoms with Gasteiger partial charge in [-0.1, -0.05) is 19.1 Å². The first-order valence-corrected chi connectivity index (χ1v) is 9.66. The lowest BCUT2D eigenvalue weighted by Gasteiger charge is -2.35. The lowest BCUT2D eigenvalue weighted by molar-refractivity contribution is 0.0289.